The Morgan fingerprint density at radius 2 is 2.18 bits per heavy atom. The lowest BCUT2D eigenvalue weighted by atomic mass is 10.3. The maximum atomic E-state index is 10.5. The highest BCUT2D eigenvalue weighted by atomic mass is 35.5. The fourth-order valence-corrected chi connectivity index (χ4v) is 0.871. The second-order valence-electron chi connectivity index (χ2n) is 1.96. The zero-order valence-electron chi connectivity index (χ0n) is 5.49. The molecule has 0 radical (unpaired) electrons. The summed E-state index contributed by atoms with van der Waals surface area (Å²) in [5.74, 6) is 4.82. The second-order valence-corrected chi connectivity index (χ2v) is 2.37. The maximum absolute atomic E-state index is 10.5. The Morgan fingerprint density at radius 1 is 1.55 bits per heavy atom. The molecule has 0 amide bonds. The van der Waals surface area contributed by atoms with E-state index in [2.05, 4.69) is 0 Å². The smallest absolute Gasteiger partial charge is 0.313 e. The Morgan fingerprint density at radius 3 is 2.64 bits per heavy atom. The molecule has 0 bridgehead atoms. The molecule has 3 N–H and O–H groups in total. The summed E-state index contributed by atoms with van der Waals surface area (Å²) in [5, 5.41) is 9.12. The molecule has 4 nitrogen and oxygen atoms in total. The number of phenols is 1. The van der Waals surface area contributed by atoms with Gasteiger partial charge in [0.05, 0.1) is 11.0 Å². The van der Waals surface area contributed by atoms with Crippen molar-refractivity contribution in [3.63, 3.8) is 0 Å². The lowest BCUT2D eigenvalue weighted by Crippen LogP contribution is -2.08. The van der Waals surface area contributed by atoms with Gasteiger partial charge in [-0.1, -0.05) is 11.6 Å². The first-order valence-electron chi connectivity index (χ1n) is 2.82. The van der Waals surface area contributed by atoms with Crippen LogP contribution in [0.3, 0.4) is 0 Å². The molecular weight excluding hydrogens is 168 g/mol. The quantitative estimate of drug-likeness (QED) is 0.383. The van der Waals surface area contributed by atoms with Crippen molar-refractivity contribution in [3.8, 4) is 5.75 Å². The number of hydrogen-bond acceptors (Lipinski definition) is 2. The normalized spacial score (nSPS) is 9.55. The summed E-state index contributed by atoms with van der Waals surface area (Å²) < 4.78 is 0. The zero-order chi connectivity index (χ0) is 8.43. The van der Waals surface area contributed by atoms with Gasteiger partial charge >= 0.3 is 5.69 Å². The molecule has 0 saturated carbocycles. The molecule has 5 heteroatoms. The number of nitrogens with zero attached hydrogens (tertiary/aromatic N) is 1. The predicted molar refractivity (Wildman–Crippen MR) is 40.6 cm³/mol. The fourth-order valence-electron chi connectivity index (χ4n) is 0.670. The molecule has 0 saturated heterocycles. The van der Waals surface area contributed by atoms with E-state index in [0.29, 0.717) is 0 Å². The molecule has 58 valence electrons. The molecule has 11 heavy (non-hydrogen) atoms. The van der Waals surface area contributed by atoms with Gasteiger partial charge in [-0.3, -0.25) is 0 Å². The molecule has 1 aromatic carbocycles. The van der Waals surface area contributed by atoms with Crippen LogP contribution in [0, 0.1) is 4.91 Å². The van der Waals surface area contributed by atoms with Crippen LogP contribution in [0.1, 0.15) is 0 Å². The number of aromatic hydroxyl groups is 1. The minimum absolute atomic E-state index is 0.0456. The molecule has 0 fully saturated rings. The molecule has 0 heterocycles. The highest BCUT2D eigenvalue weighted by Gasteiger charge is 2.14. The number of nitroso groups, excluding NO2 is 1. The standard InChI is InChI=1S/C6H5ClN2O2/c7-5-2-1-4(10)3-6(5)9(8)11/h1-3H,(H2-,8,10,11)/p+1. The Balaban J connectivity index is 3.23. The van der Waals surface area contributed by atoms with Crippen molar-refractivity contribution in [2.45, 2.75) is 0 Å². The maximum Gasteiger partial charge on any atom is 0.313 e. The first-order valence-corrected chi connectivity index (χ1v) is 3.19. The fraction of sp³-hybridized carbons (Fsp3) is 0. The summed E-state index contributed by atoms with van der Waals surface area (Å²) in [6.07, 6.45) is 0. The van der Waals surface area contributed by atoms with Crippen molar-refractivity contribution in [1.82, 2.24) is 0 Å². The van der Waals surface area contributed by atoms with Crippen molar-refractivity contribution in [2.75, 3.05) is 0 Å². The number of halogens is 1. The Hall–Kier alpha value is -1.29. The summed E-state index contributed by atoms with van der Waals surface area (Å²) in [4.78, 5) is 10.6. The van der Waals surface area contributed by atoms with Crippen LogP contribution in [0.25, 0.3) is 0 Å². The van der Waals surface area contributed by atoms with Crippen molar-refractivity contribution in [2.24, 2.45) is 5.84 Å². The molecule has 1 aromatic rings. The van der Waals surface area contributed by atoms with Crippen molar-refractivity contribution >= 4 is 17.3 Å². The molecule has 0 aliphatic rings. The second kappa shape index (κ2) is 2.75. The average molecular weight is 174 g/mol. The first-order chi connectivity index (χ1) is 5.11. The van der Waals surface area contributed by atoms with Gasteiger partial charge in [-0.05, 0) is 12.1 Å². The molecule has 0 aromatic heterocycles. The van der Waals surface area contributed by atoms with Gasteiger partial charge in [0.2, 0.25) is 0 Å². The van der Waals surface area contributed by atoms with E-state index in [9.17, 15) is 4.91 Å². The summed E-state index contributed by atoms with van der Waals surface area (Å²) in [6, 6.07) is 3.95. The van der Waals surface area contributed by atoms with Crippen LogP contribution in [0.15, 0.2) is 18.2 Å². The third-order valence-corrected chi connectivity index (χ3v) is 1.49. The van der Waals surface area contributed by atoms with E-state index in [4.69, 9.17) is 22.6 Å². The van der Waals surface area contributed by atoms with E-state index >= 15 is 0 Å². The summed E-state index contributed by atoms with van der Waals surface area (Å²) in [7, 11) is 0. The van der Waals surface area contributed by atoms with Gasteiger partial charge in [0.25, 0.3) is 0 Å². The van der Waals surface area contributed by atoms with E-state index in [-0.39, 0.29) is 21.3 Å². The third kappa shape index (κ3) is 1.59. The number of benzene rings is 1. The minimum atomic E-state index is -0.0456. The van der Waals surface area contributed by atoms with Crippen molar-refractivity contribution < 1.29 is 9.98 Å². The van der Waals surface area contributed by atoms with Crippen LogP contribution < -0.4 is 5.84 Å². The van der Waals surface area contributed by atoms with Crippen LogP contribution in [0.5, 0.6) is 5.75 Å². The largest absolute Gasteiger partial charge is 0.508 e. The van der Waals surface area contributed by atoms with Gasteiger partial charge in [-0.25, -0.2) is 0 Å². The van der Waals surface area contributed by atoms with Gasteiger partial charge in [0, 0.05) is 0 Å². The van der Waals surface area contributed by atoms with Crippen LogP contribution >= 0.6 is 11.6 Å². The predicted octanol–water partition coefficient (Wildman–Crippen LogP) is 1.33. The van der Waals surface area contributed by atoms with Crippen LogP contribution in [-0.2, 0) is 0 Å². The minimum Gasteiger partial charge on any atom is -0.508 e. The van der Waals surface area contributed by atoms with Gasteiger partial charge in [0.1, 0.15) is 10.8 Å². The molecule has 0 aliphatic heterocycles. The molecule has 0 atom stereocenters. The molecular formula is C6H6ClN2O2+. The van der Waals surface area contributed by atoms with Crippen LogP contribution in [0.4, 0.5) is 5.69 Å². The number of hydrazine groups is 1. The highest BCUT2D eigenvalue weighted by molar-refractivity contribution is 6.32. The lowest BCUT2D eigenvalue weighted by molar-refractivity contribution is -0.474. The zero-order valence-corrected chi connectivity index (χ0v) is 6.25. The average Bonchev–Trinajstić information content (AvgIpc) is 1.94. The van der Waals surface area contributed by atoms with Gasteiger partial charge in [-0.2, -0.15) is 5.84 Å². The van der Waals surface area contributed by atoms with Crippen molar-refractivity contribution in [1.29, 1.82) is 0 Å². The third-order valence-electron chi connectivity index (χ3n) is 1.17. The van der Waals surface area contributed by atoms with Crippen LogP contribution in [-0.4, -0.2) is 9.98 Å². The van der Waals surface area contributed by atoms with Gasteiger partial charge in [-0.15, -0.1) is 0 Å². The summed E-state index contributed by atoms with van der Waals surface area (Å²) in [5.41, 5.74) is 0.0478. The monoisotopic (exact) mass is 173 g/mol. The van der Waals surface area contributed by atoms with Crippen molar-refractivity contribution in [3.05, 3.63) is 28.1 Å². The molecule has 1 rings (SSSR count). The SMILES string of the molecule is N[N+](=O)c1cc(O)ccc1Cl. The van der Waals surface area contributed by atoms with Crippen LogP contribution in [0.2, 0.25) is 5.02 Å². The molecule has 0 spiro atoms. The van der Waals surface area contributed by atoms with Gasteiger partial charge < -0.3 is 5.11 Å². The molecule has 0 unspecified atom stereocenters. The lowest BCUT2D eigenvalue weighted by Gasteiger charge is -1.91. The summed E-state index contributed by atoms with van der Waals surface area (Å²) in [6.45, 7) is 0. The first kappa shape index (κ1) is 7.81. The van der Waals surface area contributed by atoms with E-state index in [1.807, 2.05) is 0 Å². The highest BCUT2D eigenvalue weighted by Crippen LogP contribution is 2.26. The Labute approximate surface area is 67.7 Å². The number of nitrogens with two attached hydrogens (primary N) is 1. The van der Waals surface area contributed by atoms with E-state index in [1.54, 1.807) is 0 Å². The number of rotatable bonds is 1. The number of hydrogen-bond donors (Lipinski definition) is 2. The summed E-state index contributed by atoms with van der Waals surface area (Å²) >= 11 is 5.56. The van der Waals surface area contributed by atoms with E-state index in [1.165, 1.54) is 18.2 Å². The topological polar surface area (TPSA) is 66.3 Å². The Bertz CT molecular complexity index is 301. The van der Waals surface area contributed by atoms with Gasteiger partial charge in [0.15, 0.2) is 4.87 Å². The van der Waals surface area contributed by atoms with E-state index < -0.39 is 0 Å². The van der Waals surface area contributed by atoms with E-state index in [0.717, 1.165) is 0 Å². The number of phenolic OH excluding ortho intramolecular Hbond substituents is 1. The molecule has 0 aliphatic carbocycles. The Kier molecular flexibility index (Phi) is 1.96.